The van der Waals surface area contributed by atoms with Crippen LogP contribution in [0, 0.1) is 0 Å². The standard InChI is InChI=1S/C11H12N4OS/c1-7(12)9(16)13-11-15-14-10(17-11)8-5-3-2-4-6-8/h2-7H,12H2,1H3,(H,13,15,16)/p+1/t7-/m1/s1. The number of amides is 1. The van der Waals surface area contributed by atoms with Crippen LogP contribution in [0.3, 0.4) is 0 Å². The van der Waals surface area contributed by atoms with Gasteiger partial charge in [-0.25, -0.2) is 0 Å². The van der Waals surface area contributed by atoms with Gasteiger partial charge in [0.1, 0.15) is 5.01 Å². The Hall–Kier alpha value is -1.79. The largest absolute Gasteiger partial charge is 0.348 e. The molecule has 1 aromatic carbocycles. The summed E-state index contributed by atoms with van der Waals surface area (Å²) in [6.45, 7) is 1.73. The molecule has 1 amide bonds. The van der Waals surface area contributed by atoms with Crippen LogP contribution >= 0.6 is 11.3 Å². The summed E-state index contributed by atoms with van der Waals surface area (Å²) in [5.41, 5.74) is 4.64. The number of quaternary nitrogens is 1. The molecule has 0 aliphatic heterocycles. The normalized spacial score (nSPS) is 12.1. The first-order chi connectivity index (χ1) is 8.16. The summed E-state index contributed by atoms with van der Waals surface area (Å²) < 4.78 is 0. The molecule has 5 nitrogen and oxygen atoms in total. The second kappa shape index (κ2) is 5.03. The van der Waals surface area contributed by atoms with Crippen molar-refractivity contribution in [2.45, 2.75) is 13.0 Å². The number of hydrogen-bond acceptors (Lipinski definition) is 4. The zero-order valence-corrected chi connectivity index (χ0v) is 10.2. The van der Waals surface area contributed by atoms with Crippen LogP contribution < -0.4 is 11.1 Å². The van der Waals surface area contributed by atoms with E-state index < -0.39 is 0 Å². The molecule has 4 N–H and O–H groups in total. The van der Waals surface area contributed by atoms with Gasteiger partial charge in [-0.2, -0.15) is 0 Å². The lowest BCUT2D eigenvalue weighted by atomic mass is 10.2. The number of hydrogen-bond donors (Lipinski definition) is 2. The molecule has 0 aliphatic rings. The smallest absolute Gasteiger partial charge is 0.284 e. The molecule has 0 unspecified atom stereocenters. The van der Waals surface area contributed by atoms with Gasteiger partial charge in [0.25, 0.3) is 5.91 Å². The number of carbonyl (C=O) groups excluding carboxylic acids is 1. The van der Waals surface area contributed by atoms with Crippen molar-refractivity contribution >= 4 is 22.4 Å². The number of rotatable bonds is 3. The maximum Gasteiger partial charge on any atom is 0.284 e. The van der Waals surface area contributed by atoms with Crippen molar-refractivity contribution in [1.29, 1.82) is 0 Å². The predicted molar refractivity (Wildman–Crippen MR) is 66.3 cm³/mol. The Labute approximate surface area is 103 Å². The first-order valence-electron chi connectivity index (χ1n) is 5.19. The lowest BCUT2D eigenvalue weighted by molar-refractivity contribution is -0.396. The Kier molecular flexibility index (Phi) is 3.46. The highest BCUT2D eigenvalue weighted by Gasteiger charge is 2.14. The summed E-state index contributed by atoms with van der Waals surface area (Å²) in [5.74, 6) is -0.152. The van der Waals surface area contributed by atoms with Crippen LogP contribution in [-0.2, 0) is 4.79 Å². The third-order valence-electron chi connectivity index (χ3n) is 2.12. The number of nitrogens with one attached hydrogen (secondary N) is 1. The topological polar surface area (TPSA) is 82.5 Å². The van der Waals surface area contributed by atoms with Crippen LogP contribution in [0.25, 0.3) is 10.6 Å². The summed E-state index contributed by atoms with van der Waals surface area (Å²) in [6, 6.07) is 9.42. The third kappa shape index (κ3) is 2.86. The van der Waals surface area contributed by atoms with Gasteiger partial charge < -0.3 is 5.73 Å². The van der Waals surface area contributed by atoms with Gasteiger partial charge >= 0.3 is 0 Å². The highest BCUT2D eigenvalue weighted by molar-refractivity contribution is 7.18. The van der Waals surface area contributed by atoms with Crippen molar-refractivity contribution < 1.29 is 10.5 Å². The summed E-state index contributed by atoms with van der Waals surface area (Å²) in [7, 11) is 0. The van der Waals surface area contributed by atoms with Crippen LogP contribution in [0.5, 0.6) is 0 Å². The molecule has 88 valence electrons. The van der Waals surface area contributed by atoms with Crippen LogP contribution in [0.1, 0.15) is 6.92 Å². The summed E-state index contributed by atoms with van der Waals surface area (Å²) >= 11 is 1.35. The monoisotopic (exact) mass is 249 g/mol. The molecular weight excluding hydrogens is 236 g/mol. The van der Waals surface area contributed by atoms with E-state index in [9.17, 15) is 4.79 Å². The number of benzene rings is 1. The summed E-state index contributed by atoms with van der Waals surface area (Å²) in [5, 5.41) is 11.9. The van der Waals surface area contributed by atoms with E-state index in [-0.39, 0.29) is 11.9 Å². The minimum atomic E-state index is -0.306. The maximum absolute atomic E-state index is 11.4. The molecule has 1 aromatic heterocycles. The molecule has 0 radical (unpaired) electrons. The van der Waals surface area contributed by atoms with E-state index in [1.165, 1.54) is 11.3 Å². The zero-order valence-electron chi connectivity index (χ0n) is 9.38. The second-order valence-electron chi connectivity index (χ2n) is 3.67. The molecule has 0 fully saturated rings. The molecule has 0 aliphatic carbocycles. The molecule has 17 heavy (non-hydrogen) atoms. The van der Waals surface area contributed by atoms with Crippen molar-refractivity contribution in [2.24, 2.45) is 0 Å². The van der Waals surface area contributed by atoms with E-state index in [1.807, 2.05) is 30.3 Å². The van der Waals surface area contributed by atoms with E-state index in [4.69, 9.17) is 0 Å². The second-order valence-corrected chi connectivity index (χ2v) is 4.65. The van der Waals surface area contributed by atoms with Gasteiger partial charge in [-0.1, -0.05) is 41.7 Å². The molecule has 0 saturated carbocycles. The number of carbonyl (C=O) groups is 1. The molecule has 1 heterocycles. The van der Waals surface area contributed by atoms with E-state index >= 15 is 0 Å². The van der Waals surface area contributed by atoms with Crippen molar-refractivity contribution in [1.82, 2.24) is 10.2 Å². The maximum atomic E-state index is 11.4. The first-order valence-corrected chi connectivity index (χ1v) is 6.01. The highest BCUT2D eigenvalue weighted by atomic mass is 32.1. The lowest BCUT2D eigenvalue weighted by Gasteiger charge is -1.99. The van der Waals surface area contributed by atoms with E-state index in [0.29, 0.717) is 5.13 Å². The van der Waals surface area contributed by atoms with Gasteiger partial charge in [-0.3, -0.25) is 10.1 Å². The van der Waals surface area contributed by atoms with Gasteiger partial charge in [-0.15, -0.1) is 10.2 Å². The Balaban J connectivity index is 2.14. The lowest BCUT2D eigenvalue weighted by Crippen LogP contribution is -2.64. The molecule has 2 aromatic rings. The van der Waals surface area contributed by atoms with E-state index in [2.05, 4.69) is 21.2 Å². The van der Waals surface area contributed by atoms with Crippen LogP contribution in [0.2, 0.25) is 0 Å². The molecule has 0 spiro atoms. The van der Waals surface area contributed by atoms with Crippen LogP contribution in [0.15, 0.2) is 30.3 Å². The van der Waals surface area contributed by atoms with Crippen LogP contribution in [-0.4, -0.2) is 22.1 Å². The minimum absolute atomic E-state index is 0.152. The average Bonchev–Trinajstić information content (AvgIpc) is 2.78. The number of nitrogens with zero attached hydrogens (tertiary/aromatic N) is 2. The van der Waals surface area contributed by atoms with Crippen molar-refractivity contribution in [3.05, 3.63) is 30.3 Å². The molecule has 1 atom stereocenters. The highest BCUT2D eigenvalue weighted by Crippen LogP contribution is 2.25. The van der Waals surface area contributed by atoms with Crippen molar-refractivity contribution in [3.63, 3.8) is 0 Å². The quantitative estimate of drug-likeness (QED) is 0.843. The molecule has 2 rings (SSSR count). The van der Waals surface area contributed by atoms with Gasteiger partial charge in [0, 0.05) is 5.56 Å². The Morgan fingerprint density at radius 2 is 2.06 bits per heavy atom. The average molecular weight is 249 g/mol. The SMILES string of the molecule is C[C@@H]([NH3+])C(=O)Nc1nnc(-c2ccccc2)s1. The molecule has 6 heteroatoms. The van der Waals surface area contributed by atoms with Gasteiger partial charge in [-0.05, 0) is 6.92 Å². The summed E-state index contributed by atoms with van der Waals surface area (Å²) in [6.07, 6.45) is 0. The van der Waals surface area contributed by atoms with Crippen molar-refractivity contribution in [3.8, 4) is 10.6 Å². The van der Waals surface area contributed by atoms with Gasteiger partial charge in [0.15, 0.2) is 6.04 Å². The Morgan fingerprint density at radius 3 is 2.71 bits per heavy atom. The van der Waals surface area contributed by atoms with Gasteiger partial charge in [0.05, 0.1) is 0 Å². The fraction of sp³-hybridized carbons (Fsp3) is 0.182. The molecule has 0 bridgehead atoms. The third-order valence-corrected chi connectivity index (χ3v) is 3.01. The number of aromatic nitrogens is 2. The zero-order chi connectivity index (χ0) is 12.3. The van der Waals surface area contributed by atoms with Gasteiger partial charge in [0.2, 0.25) is 5.13 Å². The first kappa shape index (κ1) is 11.7. The van der Waals surface area contributed by atoms with E-state index in [0.717, 1.165) is 10.6 Å². The Morgan fingerprint density at radius 1 is 1.35 bits per heavy atom. The summed E-state index contributed by atoms with van der Waals surface area (Å²) in [4.78, 5) is 11.4. The fourth-order valence-corrected chi connectivity index (χ4v) is 1.95. The molecular formula is C11H13N4OS+. The van der Waals surface area contributed by atoms with E-state index in [1.54, 1.807) is 6.92 Å². The van der Waals surface area contributed by atoms with Crippen molar-refractivity contribution in [2.75, 3.05) is 5.32 Å². The van der Waals surface area contributed by atoms with Crippen LogP contribution in [0.4, 0.5) is 5.13 Å². The number of anilines is 1. The minimum Gasteiger partial charge on any atom is -0.348 e. The fourth-order valence-electron chi connectivity index (χ4n) is 1.20. The molecule has 0 saturated heterocycles. The Bertz CT molecular complexity index is 509. The predicted octanol–water partition coefficient (Wildman–Crippen LogP) is 0.774.